The smallest absolute Gasteiger partial charge is 0.475 e. The van der Waals surface area contributed by atoms with E-state index in [1.807, 2.05) is 12.3 Å². The molecule has 1 aliphatic heterocycles. The molecule has 0 radical (unpaired) electrons. The Kier molecular flexibility index (Phi) is 10.4. The molecule has 0 spiro atoms. The first kappa shape index (κ1) is 31.5. The number of alkyl halides is 6. The Morgan fingerprint density at radius 3 is 2.08 bits per heavy atom. The van der Waals surface area contributed by atoms with Crippen molar-refractivity contribution in [2.75, 3.05) is 6.54 Å². The van der Waals surface area contributed by atoms with Gasteiger partial charge in [-0.2, -0.15) is 26.3 Å². The van der Waals surface area contributed by atoms with E-state index in [4.69, 9.17) is 24.8 Å². The van der Waals surface area contributed by atoms with Crippen LogP contribution in [-0.2, 0) is 16.1 Å². The predicted octanol–water partition coefficient (Wildman–Crippen LogP) is 6.16. The van der Waals surface area contributed by atoms with Crippen LogP contribution in [0.2, 0.25) is 0 Å². The molecular formula is C26H27F6N3O4. The fourth-order valence-corrected chi connectivity index (χ4v) is 4.16. The first-order valence-electron chi connectivity index (χ1n) is 11.6. The van der Waals surface area contributed by atoms with Crippen molar-refractivity contribution in [2.24, 2.45) is 0 Å². The molecule has 0 saturated carbocycles. The van der Waals surface area contributed by atoms with E-state index in [2.05, 4.69) is 61.0 Å². The largest absolute Gasteiger partial charge is 0.490 e. The van der Waals surface area contributed by atoms with Gasteiger partial charge in [-0.25, -0.2) is 9.59 Å². The molecule has 3 heterocycles. The van der Waals surface area contributed by atoms with Gasteiger partial charge in [0, 0.05) is 23.8 Å². The van der Waals surface area contributed by atoms with Crippen molar-refractivity contribution in [2.45, 2.75) is 58.6 Å². The Bertz CT molecular complexity index is 1270. The summed E-state index contributed by atoms with van der Waals surface area (Å²) in [6, 6.07) is 13.4. The number of benzene rings is 1. The molecule has 1 saturated heterocycles. The van der Waals surface area contributed by atoms with E-state index in [1.165, 1.54) is 40.6 Å². The summed E-state index contributed by atoms with van der Waals surface area (Å²) in [6.07, 6.45) is -5.83. The van der Waals surface area contributed by atoms with Gasteiger partial charge in [0.1, 0.15) is 0 Å². The van der Waals surface area contributed by atoms with Crippen LogP contribution in [0.25, 0.3) is 10.9 Å². The molecule has 39 heavy (non-hydrogen) atoms. The molecule has 2 N–H and O–H groups in total. The second-order valence-electron chi connectivity index (χ2n) is 8.89. The summed E-state index contributed by atoms with van der Waals surface area (Å²) < 4.78 is 63.5. The molecule has 1 atom stereocenters. The van der Waals surface area contributed by atoms with Crippen molar-refractivity contribution in [3.8, 4) is 0 Å². The molecule has 212 valence electrons. The highest BCUT2D eigenvalue weighted by molar-refractivity contribution is 5.86. The number of halogens is 6. The fourth-order valence-electron chi connectivity index (χ4n) is 4.16. The van der Waals surface area contributed by atoms with Crippen molar-refractivity contribution in [3.63, 3.8) is 0 Å². The van der Waals surface area contributed by atoms with E-state index >= 15 is 0 Å². The van der Waals surface area contributed by atoms with Crippen LogP contribution in [0.1, 0.15) is 47.0 Å². The molecule has 1 aliphatic rings. The third-order valence-corrected chi connectivity index (χ3v) is 5.71. The van der Waals surface area contributed by atoms with Gasteiger partial charge in [0.15, 0.2) is 0 Å². The number of nitrogens with zero attached hydrogens (tertiary/aromatic N) is 3. The number of hydrogen-bond donors (Lipinski definition) is 2. The second kappa shape index (κ2) is 12.9. The molecule has 3 aromatic rings. The summed E-state index contributed by atoms with van der Waals surface area (Å²) in [5, 5.41) is 15.6. The predicted molar refractivity (Wildman–Crippen MR) is 130 cm³/mol. The van der Waals surface area contributed by atoms with E-state index in [9.17, 15) is 26.3 Å². The lowest BCUT2D eigenvalue weighted by molar-refractivity contribution is -0.193. The van der Waals surface area contributed by atoms with E-state index in [-0.39, 0.29) is 0 Å². The van der Waals surface area contributed by atoms with Crippen molar-refractivity contribution >= 4 is 22.8 Å². The van der Waals surface area contributed by atoms with Crippen LogP contribution in [-0.4, -0.2) is 55.9 Å². The maximum absolute atomic E-state index is 10.6. The minimum Gasteiger partial charge on any atom is -0.475 e. The van der Waals surface area contributed by atoms with Crippen molar-refractivity contribution in [1.29, 1.82) is 0 Å². The monoisotopic (exact) mass is 559 g/mol. The van der Waals surface area contributed by atoms with E-state index in [1.54, 1.807) is 0 Å². The molecule has 1 fully saturated rings. The quantitative estimate of drug-likeness (QED) is 0.371. The highest BCUT2D eigenvalue weighted by Gasteiger charge is 2.38. The zero-order valence-corrected chi connectivity index (χ0v) is 21.3. The fraction of sp³-hybridized carbons (Fsp3) is 0.385. The van der Waals surface area contributed by atoms with Crippen LogP contribution in [0, 0.1) is 20.8 Å². The van der Waals surface area contributed by atoms with E-state index in [0.29, 0.717) is 6.04 Å². The molecule has 2 aromatic heterocycles. The van der Waals surface area contributed by atoms with E-state index in [0.717, 1.165) is 24.3 Å². The van der Waals surface area contributed by atoms with Gasteiger partial charge in [-0.05, 0) is 75.5 Å². The van der Waals surface area contributed by atoms with Gasteiger partial charge in [-0.1, -0.05) is 17.7 Å². The van der Waals surface area contributed by atoms with Gasteiger partial charge in [0.2, 0.25) is 0 Å². The third-order valence-electron chi connectivity index (χ3n) is 5.71. The number of aryl methyl sites for hydroxylation is 3. The first-order chi connectivity index (χ1) is 18.0. The number of rotatable bonds is 3. The van der Waals surface area contributed by atoms with Crippen LogP contribution in [0.4, 0.5) is 26.3 Å². The average molecular weight is 560 g/mol. The summed E-state index contributed by atoms with van der Waals surface area (Å²) in [5.41, 5.74) is 7.40. The molecule has 7 nitrogen and oxygen atoms in total. The minimum atomic E-state index is -5.08. The number of carboxylic acids is 2. The normalized spacial score (nSPS) is 15.7. The molecule has 1 aromatic carbocycles. The Balaban J connectivity index is 0.000000317. The number of aliphatic carboxylic acids is 2. The zero-order chi connectivity index (χ0) is 29.5. The maximum atomic E-state index is 10.6. The summed E-state index contributed by atoms with van der Waals surface area (Å²) in [6.45, 7) is 8.53. The zero-order valence-electron chi connectivity index (χ0n) is 21.3. The van der Waals surface area contributed by atoms with Crippen molar-refractivity contribution < 1.29 is 46.1 Å². The standard InChI is InChI=1S/C22H25N3.2C2HF3O2/c1-15-11-16(2)22-19(12-15)18(13-17(3)24-22)14-25-10-6-8-21(25)20-7-4-5-9-23-20;2*3-2(4,5)1(6)7/h4-5,7,9,11-13,21H,6,8,10,14H2,1-3H3;2*(H,6,7). The molecule has 0 bridgehead atoms. The molecular weight excluding hydrogens is 532 g/mol. The number of carboxylic acid groups (broad SMARTS) is 2. The summed E-state index contributed by atoms with van der Waals surface area (Å²) in [4.78, 5) is 29.8. The van der Waals surface area contributed by atoms with Gasteiger partial charge < -0.3 is 10.2 Å². The highest BCUT2D eigenvalue weighted by atomic mass is 19.4. The van der Waals surface area contributed by atoms with Crippen LogP contribution in [0.5, 0.6) is 0 Å². The topological polar surface area (TPSA) is 104 Å². The lowest BCUT2D eigenvalue weighted by Gasteiger charge is -2.25. The van der Waals surface area contributed by atoms with Crippen LogP contribution < -0.4 is 0 Å². The lowest BCUT2D eigenvalue weighted by Crippen LogP contribution is -2.23. The SMILES string of the molecule is Cc1cc(C)c2nc(C)cc(CN3CCCC3c3ccccn3)c2c1.O=C(O)C(F)(F)F.O=C(O)C(F)(F)F. The molecule has 13 heteroatoms. The van der Waals surface area contributed by atoms with Crippen LogP contribution >= 0.6 is 0 Å². The average Bonchev–Trinajstić information content (AvgIpc) is 3.28. The Morgan fingerprint density at radius 1 is 0.974 bits per heavy atom. The number of fused-ring (bicyclic) bond motifs is 1. The Morgan fingerprint density at radius 2 is 1.56 bits per heavy atom. The van der Waals surface area contributed by atoms with Gasteiger partial charge >= 0.3 is 24.3 Å². The number of hydrogen-bond acceptors (Lipinski definition) is 5. The Hall–Kier alpha value is -3.74. The van der Waals surface area contributed by atoms with Crippen molar-refractivity contribution in [1.82, 2.24) is 14.9 Å². The maximum Gasteiger partial charge on any atom is 0.490 e. The number of carbonyl (C=O) groups is 2. The van der Waals surface area contributed by atoms with Gasteiger partial charge in [-0.3, -0.25) is 14.9 Å². The first-order valence-corrected chi connectivity index (χ1v) is 11.6. The summed E-state index contributed by atoms with van der Waals surface area (Å²) in [5.74, 6) is -5.51. The van der Waals surface area contributed by atoms with Crippen LogP contribution in [0.15, 0.2) is 42.6 Å². The third kappa shape index (κ3) is 9.20. The highest BCUT2D eigenvalue weighted by Crippen LogP contribution is 2.33. The van der Waals surface area contributed by atoms with Crippen LogP contribution in [0.3, 0.4) is 0 Å². The molecule has 1 unspecified atom stereocenters. The molecule has 4 rings (SSSR count). The summed E-state index contributed by atoms with van der Waals surface area (Å²) in [7, 11) is 0. The van der Waals surface area contributed by atoms with Gasteiger partial charge in [0.25, 0.3) is 0 Å². The number of pyridine rings is 2. The van der Waals surface area contributed by atoms with Gasteiger partial charge in [-0.15, -0.1) is 0 Å². The minimum absolute atomic E-state index is 0.427. The van der Waals surface area contributed by atoms with Crippen molar-refractivity contribution in [3.05, 3.63) is 70.7 Å². The number of aromatic nitrogens is 2. The molecule has 0 aliphatic carbocycles. The van der Waals surface area contributed by atoms with E-state index < -0.39 is 24.3 Å². The Labute approximate surface area is 220 Å². The summed E-state index contributed by atoms with van der Waals surface area (Å²) >= 11 is 0. The second-order valence-corrected chi connectivity index (χ2v) is 8.89. The molecule has 0 amide bonds. The van der Waals surface area contributed by atoms with Gasteiger partial charge in [0.05, 0.1) is 17.3 Å². The lowest BCUT2D eigenvalue weighted by atomic mass is 10.0. The number of likely N-dealkylation sites (tertiary alicyclic amines) is 1.